The van der Waals surface area contributed by atoms with Gasteiger partial charge in [0.05, 0.1) is 5.56 Å². The second-order valence-corrected chi connectivity index (χ2v) is 5.86. The van der Waals surface area contributed by atoms with Crippen LogP contribution in [0.4, 0.5) is 0 Å². The molecule has 0 saturated carbocycles. The number of thioether (sulfide) groups is 1. The molecule has 2 aromatic carbocycles. The van der Waals surface area contributed by atoms with Crippen molar-refractivity contribution in [2.45, 2.75) is 16.7 Å². The molecular weight excluding hydrogens is 302 g/mol. The fraction of sp³-hybridized carbons (Fsp3) is 0.188. The van der Waals surface area contributed by atoms with E-state index < -0.39 is 0 Å². The van der Waals surface area contributed by atoms with Crippen molar-refractivity contribution in [3.8, 4) is 11.5 Å². The van der Waals surface area contributed by atoms with Crippen LogP contribution >= 0.6 is 24.4 Å². The largest absolute Gasteiger partial charge is 0.457 e. The molecule has 3 nitrogen and oxygen atoms in total. The van der Waals surface area contributed by atoms with Crippen molar-refractivity contribution in [1.29, 1.82) is 0 Å². The molecule has 0 bridgehead atoms. The van der Waals surface area contributed by atoms with Crippen LogP contribution < -0.4 is 10.1 Å². The van der Waals surface area contributed by atoms with Crippen molar-refractivity contribution in [2.24, 2.45) is 0 Å². The zero-order chi connectivity index (χ0) is 15.4. The third kappa shape index (κ3) is 3.74. The maximum Gasteiger partial charge on any atom is 0.254 e. The van der Waals surface area contributed by atoms with E-state index >= 15 is 0 Å². The Balaban J connectivity index is 2.35. The fourth-order valence-electron chi connectivity index (χ4n) is 1.96. The summed E-state index contributed by atoms with van der Waals surface area (Å²) in [5.41, 5.74) is 1.61. The van der Waals surface area contributed by atoms with E-state index in [2.05, 4.69) is 17.9 Å². The first-order chi connectivity index (χ1) is 10.0. The first-order valence-corrected chi connectivity index (χ1v) is 8.10. The Morgan fingerprint density at radius 1 is 1.24 bits per heavy atom. The van der Waals surface area contributed by atoms with Gasteiger partial charge in [-0.25, -0.2) is 0 Å². The summed E-state index contributed by atoms with van der Waals surface area (Å²) in [6.07, 6.45) is 2.04. The Labute approximate surface area is 134 Å². The number of benzene rings is 2. The molecule has 0 unspecified atom stereocenters. The van der Waals surface area contributed by atoms with Gasteiger partial charge in [-0.3, -0.25) is 4.79 Å². The van der Waals surface area contributed by atoms with Crippen molar-refractivity contribution in [3.63, 3.8) is 0 Å². The van der Waals surface area contributed by atoms with E-state index in [9.17, 15) is 4.79 Å². The second kappa shape index (κ2) is 6.91. The molecule has 0 saturated heterocycles. The van der Waals surface area contributed by atoms with Gasteiger partial charge in [0, 0.05) is 16.8 Å². The van der Waals surface area contributed by atoms with E-state index in [1.165, 1.54) is 4.90 Å². The number of aryl methyl sites for hydroxylation is 1. The van der Waals surface area contributed by atoms with Crippen LogP contribution in [0, 0.1) is 6.92 Å². The van der Waals surface area contributed by atoms with Crippen LogP contribution in [0.1, 0.15) is 15.9 Å². The standard InChI is InChI=1S/C16H17NO2S2/c1-10-8-11(4-7-15(10)21-3)19-14-6-5-12(20)9-13(14)16(18)17-2/h4-9,20H,1-3H3,(H,17,18). The van der Waals surface area contributed by atoms with E-state index in [4.69, 9.17) is 4.74 Å². The predicted molar refractivity (Wildman–Crippen MR) is 90.1 cm³/mol. The number of rotatable bonds is 4. The molecule has 110 valence electrons. The molecule has 0 heterocycles. The van der Waals surface area contributed by atoms with Crippen LogP contribution in [-0.4, -0.2) is 19.2 Å². The molecule has 1 amide bonds. The van der Waals surface area contributed by atoms with Crippen LogP contribution in [0.15, 0.2) is 46.2 Å². The predicted octanol–water partition coefficient (Wildman–Crippen LogP) is 4.16. The monoisotopic (exact) mass is 319 g/mol. The Morgan fingerprint density at radius 3 is 2.62 bits per heavy atom. The number of amides is 1. The van der Waals surface area contributed by atoms with E-state index in [0.29, 0.717) is 17.1 Å². The first-order valence-electron chi connectivity index (χ1n) is 6.42. The summed E-state index contributed by atoms with van der Waals surface area (Å²) in [5, 5.41) is 2.61. The molecule has 0 fully saturated rings. The van der Waals surface area contributed by atoms with Gasteiger partial charge in [0.15, 0.2) is 0 Å². The van der Waals surface area contributed by atoms with Gasteiger partial charge in [-0.2, -0.15) is 0 Å². The van der Waals surface area contributed by atoms with Crippen LogP contribution in [0.3, 0.4) is 0 Å². The van der Waals surface area contributed by atoms with Crippen LogP contribution in [0.5, 0.6) is 11.5 Å². The Hall–Kier alpha value is -1.59. The number of hydrogen-bond donors (Lipinski definition) is 2. The average Bonchev–Trinajstić information content (AvgIpc) is 2.48. The van der Waals surface area contributed by atoms with Gasteiger partial charge in [0.25, 0.3) is 5.91 Å². The number of thiol groups is 1. The minimum Gasteiger partial charge on any atom is -0.457 e. The highest BCUT2D eigenvalue weighted by atomic mass is 32.2. The number of nitrogens with one attached hydrogen (secondary N) is 1. The number of hydrogen-bond acceptors (Lipinski definition) is 4. The molecule has 5 heteroatoms. The maximum absolute atomic E-state index is 11.9. The molecule has 0 spiro atoms. The van der Waals surface area contributed by atoms with E-state index in [-0.39, 0.29) is 5.91 Å². The fourth-order valence-corrected chi connectivity index (χ4v) is 2.75. The molecule has 0 aliphatic rings. The minimum absolute atomic E-state index is 0.196. The highest BCUT2D eigenvalue weighted by Crippen LogP contribution is 2.30. The Bertz CT molecular complexity index is 671. The molecule has 0 radical (unpaired) electrons. The lowest BCUT2D eigenvalue weighted by Crippen LogP contribution is -2.18. The lowest BCUT2D eigenvalue weighted by molar-refractivity contribution is 0.0960. The van der Waals surface area contributed by atoms with Gasteiger partial charge >= 0.3 is 0 Å². The number of carbonyl (C=O) groups is 1. The summed E-state index contributed by atoms with van der Waals surface area (Å²) in [6.45, 7) is 2.04. The summed E-state index contributed by atoms with van der Waals surface area (Å²) in [5.74, 6) is 1.03. The molecular formula is C16H17NO2S2. The van der Waals surface area contributed by atoms with Crippen molar-refractivity contribution < 1.29 is 9.53 Å². The summed E-state index contributed by atoms with van der Waals surface area (Å²) in [6, 6.07) is 11.1. The highest BCUT2D eigenvalue weighted by molar-refractivity contribution is 7.98. The third-order valence-electron chi connectivity index (χ3n) is 3.03. The number of carbonyl (C=O) groups excluding carboxylic acids is 1. The topological polar surface area (TPSA) is 38.3 Å². The molecule has 0 atom stereocenters. The molecule has 1 N–H and O–H groups in total. The van der Waals surface area contributed by atoms with E-state index in [1.54, 1.807) is 37.0 Å². The van der Waals surface area contributed by atoms with Crippen molar-refractivity contribution in [2.75, 3.05) is 13.3 Å². The molecule has 0 aromatic heterocycles. The third-order valence-corrected chi connectivity index (χ3v) is 4.21. The first kappa shape index (κ1) is 15.8. The lowest BCUT2D eigenvalue weighted by Gasteiger charge is -2.12. The van der Waals surface area contributed by atoms with Gasteiger partial charge in [0.2, 0.25) is 0 Å². The zero-order valence-corrected chi connectivity index (χ0v) is 13.8. The molecule has 2 rings (SSSR count). The normalized spacial score (nSPS) is 10.3. The summed E-state index contributed by atoms with van der Waals surface area (Å²) in [4.78, 5) is 13.8. The average molecular weight is 319 g/mol. The smallest absolute Gasteiger partial charge is 0.254 e. The lowest BCUT2D eigenvalue weighted by atomic mass is 10.2. The molecule has 0 aliphatic carbocycles. The van der Waals surface area contributed by atoms with Crippen molar-refractivity contribution >= 4 is 30.3 Å². The van der Waals surface area contributed by atoms with Gasteiger partial charge < -0.3 is 10.1 Å². The van der Waals surface area contributed by atoms with E-state index in [0.717, 1.165) is 10.5 Å². The summed E-state index contributed by atoms with van der Waals surface area (Å²) >= 11 is 5.96. The van der Waals surface area contributed by atoms with Gasteiger partial charge in [-0.15, -0.1) is 24.4 Å². The van der Waals surface area contributed by atoms with Gasteiger partial charge in [-0.05, 0) is 55.1 Å². The minimum atomic E-state index is -0.196. The summed E-state index contributed by atoms with van der Waals surface area (Å²) < 4.78 is 5.86. The van der Waals surface area contributed by atoms with Crippen molar-refractivity contribution in [3.05, 3.63) is 47.5 Å². The van der Waals surface area contributed by atoms with E-state index in [1.807, 2.05) is 31.4 Å². The van der Waals surface area contributed by atoms with Crippen LogP contribution in [0.25, 0.3) is 0 Å². The summed E-state index contributed by atoms with van der Waals surface area (Å²) in [7, 11) is 1.59. The van der Waals surface area contributed by atoms with Gasteiger partial charge in [0.1, 0.15) is 11.5 Å². The molecule has 21 heavy (non-hydrogen) atoms. The highest BCUT2D eigenvalue weighted by Gasteiger charge is 2.13. The molecule has 0 aliphatic heterocycles. The quantitative estimate of drug-likeness (QED) is 0.656. The molecule has 2 aromatic rings. The second-order valence-electron chi connectivity index (χ2n) is 4.49. The Morgan fingerprint density at radius 2 is 2.00 bits per heavy atom. The number of ether oxygens (including phenoxy) is 1. The van der Waals surface area contributed by atoms with Crippen LogP contribution in [-0.2, 0) is 0 Å². The van der Waals surface area contributed by atoms with Gasteiger partial charge in [-0.1, -0.05) is 0 Å². The van der Waals surface area contributed by atoms with Crippen molar-refractivity contribution in [1.82, 2.24) is 5.32 Å². The van der Waals surface area contributed by atoms with Crippen LogP contribution in [0.2, 0.25) is 0 Å². The Kier molecular flexibility index (Phi) is 5.20. The zero-order valence-electron chi connectivity index (χ0n) is 12.1. The SMILES string of the molecule is CNC(=O)c1cc(S)ccc1Oc1ccc(SC)c(C)c1. The maximum atomic E-state index is 11.9.